The highest BCUT2D eigenvalue weighted by Gasteiger charge is 2.20. The third-order valence-electron chi connectivity index (χ3n) is 3.43. The summed E-state index contributed by atoms with van der Waals surface area (Å²) >= 11 is 0. The van der Waals surface area contributed by atoms with Crippen LogP contribution in [0.25, 0.3) is 0 Å². The van der Waals surface area contributed by atoms with E-state index in [1.54, 1.807) is 7.11 Å². The predicted molar refractivity (Wildman–Crippen MR) is 77.9 cm³/mol. The summed E-state index contributed by atoms with van der Waals surface area (Å²) in [4.78, 5) is 0. The number of rotatable bonds is 8. The molecule has 0 radical (unpaired) electrons. The second-order valence-electron chi connectivity index (χ2n) is 5.28. The fraction of sp³-hybridized carbons (Fsp3) is 0.438. The molecule has 1 fully saturated rings. The first-order valence-electron chi connectivity index (χ1n) is 7.22. The first kappa shape index (κ1) is 14.1. The number of nitrogens with zero attached hydrogens (tertiary/aromatic N) is 1. The molecule has 0 atom stereocenters. The number of ether oxygens (including phenoxy) is 2. The van der Waals surface area contributed by atoms with Crippen LogP contribution in [0.5, 0.6) is 5.75 Å². The first-order valence-corrected chi connectivity index (χ1v) is 7.22. The van der Waals surface area contributed by atoms with Gasteiger partial charge in [0.1, 0.15) is 12.4 Å². The van der Waals surface area contributed by atoms with Crippen molar-refractivity contribution < 1.29 is 14.0 Å². The molecule has 0 unspecified atom stereocenters. The van der Waals surface area contributed by atoms with Crippen molar-refractivity contribution in [1.82, 2.24) is 10.5 Å². The molecule has 5 heteroatoms. The van der Waals surface area contributed by atoms with Crippen LogP contribution in [0.2, 0.25) is 0 Å². The average molecular weight is 288 g/mol. The summed E-state index contributed by atoms with van der Waals surface area (Å²) in [6.45, 7) is 1.75. The Labute approximate surface area is 124 Å². The van der Waals surface area contributed by atoms with Gasteiger partial charge in [-0.1, -0.05) is 17.3 Å². The quantitative estimate of drug-likeness (QED) is 0.809. The van der Waals surface area contributed by atoms with E-state index in [1.807, 2.05) is 30.3 Å². The van der Waals surface area contributed by atoms with Crippen LogP contribution in [0, 0.1) is 0 Å². The molecule has 1 saturated carbocycles. The van der Waals surface area contributed by atoms with Gasteiger partial charge in [-0.3, -0.25) is 0 Å². The van der Waals surface area contributed by atoms with Gasteiger partial charge in [0.05, 0.1) is 19.4 Å². The molecule has 1 aliphatic carbocycles. The van der Waals surface area contributed by atoms with Gasteiger partial charge in [-0.2, -0.15) is 0 Å². The standard InChI is InChI=1S/C16H20N2O3/c1-19-15-6-2-12(3-7-15)10-20-11-16-8-14(18-21-16)9-17-13-4-5-13/h2-3,6-8,13,17H,4-5,9-11H2,1H3. The van der Waals surface area contributed by atoms with Crippen LogP contribution in [0.15, 0.2) is 34.9 Å². The molecule has 21 heavy (non-hydrogen) atoms. The average Bonchev–Trinajstić information content (AvgIpc) is 3.25. The molecular weight excluding hydrogens is 268 g/mol. The van der Waals surface area contributed by atoms with E-state index in [9.17, 15) is 0 Å². The van der Waals surface area contributed by atoms with Crippen molar-refractivity contribution in [3.8, 4) is 5.75 Å². The highest BCUT2D eigenvalue weighted by atomic mass is 16.5. The van der Waals surface area contributed by atoms with E-state index in [4.69, 9.17) is 14.0 Å². The lowest BCUT2D eigenvalue weighted by Crippen LogP contribution is -2.15. The minimum Gasteiger partial charge on any atom is -0.497 e. The Balaban J connectivity index is 1.41. The molecule has 2 aromatic rings. The number of methoxy groups -OCH3 is 1. The third kappa shape index (κ3) is 4.31. The van der Waals surface area contributed by atoms with Crippen molar-refractivity contribution in [1.29, 1.82) is 0 Å². The molecule has 1 aliphatic rings. The van der Waals surface area contributed by atoms with Gasteiger partial charge >= 0.3 is 0 Å². The van der Waals surface area contributed by atoms with Crippen molar-refractivity contribution in [2.45, 2.75) is 38.6 Å². The molecule has 0 spiro atoms. The monoisotopic (exact) mass is 288 g/mol. The van der Waals surface area contributed by atoms with Crippen LogP contribution in [0.3, 0.4) is 0 Å². The molecule has 0 saturated heterocycles. The van der Waals surface area contributed by atoms with Gasteiger partial charge < -0.3 is 19.3 Å². The van der Waals surface area contributed by atoms with Gasteiger partial charge in [0.25, 0.3) is 0 Å². The molecule has 0 aliphatic heterocycles. The highest BCUT2D eigenvalue weighted by Crippen LogP contribution is 2.19. The Bertz CT molecular complexity index is 561. The summed E-state index contributed by atoms with van der Waals surface area (Å²) in [5.74, 6) is 1.61. The van der Waals surface area contributed by atoms with E-state index in [-0.39, 0.29) is 0 Å². The van der Waals surface area contributed by atoms with Crippen molar-refractivity contribution >= 4 is 0 Å². The normalized spacial score (nSPS) is 14.3. The SMILES string of the molecule is COc1ccc(COCc2cc(CNC3CC3)no2)cc1. The number of nitrogens with one attached hydrogen (secondary N) is 1. The van der Waals surface area contributed by atoms with Crippen molar-refractivity contribution in [3.63, 3.8) is 0 Å². The smallest absolute Gasteiger partial charge is 0.162 e. The molecule has 0 amide bonds. The Morgan fingerprint density at radius 2 is 2.05 bits per heavy atom. The zero-order valence-electron chi connectivity index (χ0n) is 12.2. The van der Waals surface area contributed by atoms with Crippen LogP contribution in [-0.4, -0.2) is 18.3 Å². The molecule has 0 bridgehead atoms. The summed E-state index contributed by atoms with van der Waals surface area (Å²) < 4.78 is 16.0. The fourth-order valence-electron chi connectivity index (χ4n) is 2.03. The zero-order valence-corrected chi connectivity index (χ0v) is 12.2. The largest absolute Gasteiger partial charge is 0.497 e. The van der Waals surface area contributed by atoms with Gasteiger partial charge in [0.2, 0.25) is 0 Å². The van der Waals surface area contributed by atoms with Crippen molar-refractivity contribution in [2.75, 3.05) is 7.11 Å². The lowest BCUT2D eigenvalue weighted by molar-refractivity contribution is 0.0883. The lowest BCUT2D eigenvalue weighted by Gasteiger charge is -2.03. The van der Waals surface area contributed by atoms with Gasteiger partial charge in [-0.25, -0.2) is 0 Å². The number of hydrogen-bond donors (Lipinski definition) is 1. The maximum Gasteiger partial charge on any atom is 0.162 e. The fourth-order valence-corrected chi connectivity index (χ4v) is 2.03. The minimum absolute atomic E-state index is 0.433. The Kier molecular flexibility index (Phi) is 4.52. The Hall–Kier alpha value is -1.85. The van der Waals surface area contributed by atoms with E-state index < -0.39 is 0 Å². The van der Waals surface area contributed by atoms with Crippen LogP contribution in [-0.2, 0) is 24.5 Å². The maximum absolute atomic E-state index is 5.64. The van der Waals surface area contributed by atoms with Crippen LogP contribution in [0.4, 0.5) is 0 Å². The van der Waals surface area contributed by atoms with Crippen molar-refractivity contribution in [2.24, 2.45) is 0 Å². The minimum atomic E-state index is 0.433. The topological polar surface area (TPSA) is 56.5 Å². The van der Waals surface area contributed by atoms with Crippen LogP contribution < -0.4 is 10.1 Å². The second-order valence-corrected chi connectivity index (χ2v) is 5.28. The number of aromatic nitrogens is 1. The molecule has 3 rings (SSSR count). The predicted octanol–water partition coefficient (Wildman–Crippen LogP) is 2.65. The summed E-state index contributed by atoms with van der Waals surface area (Å²) in [5.41, 5.74) is 2.04. The molecule has 112 valence electrons. The molecule has 1 heterocycles. The summed E-state index contributed by atoms with van der Waals surface area (Å²) in [5, 5.41) is 7.43. The molecule has 1 aromatic heterocycles. The maximum atomic E-state index is 5.64. The van der Waals surface area contributed by atoms with Gasteiger partial charge in [-0.15, -0.1) is 0 Å². The molecule has 1 N–H and O–H groups in total. The van der Waals surface area contributed by atoms with Gasteiger partial charge in [-0.05, 0) is 30.5 Å². The summed E-state index contributed by atoms with van der Waals surface area (Å²) in [7, 11) is 1.66. The Morgan fingerprint density at radius 1 is 1.24 bits per heavy atom. The van der Waals surface area contributed by atoms with Crippen molar-refractivity contribution in [3.05, 3.63) is 47.3 Å². The van der Waals surface area contributed by atoms with Gasteiger partial charge in [0.15, 0.2) is 5.76 Å². The lowest BCUT2D eigenvalue weighted by atomic mass is 10.2. The first-order chi connectivity index (χ1) is 10.3. The molecule has 1 aromatic carbocycles. The zero-order chi connectivity index (χ0) is 14.5. The summed E-state index contributed by atoms with van der Waals surface area (Å²) in [6, 6.07) is 10.5. The molecule has 5 nitrogen and oxygen atoms in total. The molecular formula is C16H20N2O3. The van der Waals surface area contributed by atoms with Gasteiger partial charge in [0, 0.05) is 18.7 Å². The Morgan fingerprint density at radius 3 is 2.76 bits per heavy atom. The van der Waals surface area contributed by atoms with E-state index in [0.29, 0.717) is 19.3 Å². The van der Waals surface area contributed by atoms with E-state index in [2.05, 4.69) is 10.5 Å². The number of hydrogen-bond acceptors (Lipinski definition) is 5. The van der Waals surface area contributed by atoms with E-state index >= 15 is 0 Å². The van der Waals surface area contributed by atoms with Crippen LogP contribution in [0.1, 0.15) is 29.9 Å². The van der Waals surface area contributed by atoms with E-state index in [1.165, 1.54) is 12.8 Å². The third-order valence-corrected chi connectivity index (χ3v) is 3.43. The summed E-state index contributed by atoms with van der Waals surface area (Å²) in [6.07, 6.45) is 2.55. The number of benzene rings is 1. The van der Waals surface area contributed by atoms with E-state index in [0.717, 1.165) is 29.3 Å². The van der Waals surface area contributed by atoms with Crippen LogP contribution >= 0.6 is 0 Å². The second kappa shape index (κ2) is 6.74. The highest BCUT2D eigenvalue weighted by molar-refractivity contribution is 5.26.